The molecule has 13 heavy (non-hydrogen) atoms. The lowest BCUT2D eigenvalue weighted by atomic mass is 10.4. The summed E-state index contributed by atoms with van der Waals surface area (Å²) in [6, 6.07) is 12.0. The topological polar surface area (TPSA) is 20.2 Å². The second-order valence-corrected chi connectivity index (χ2v) is 4.23. The first kappa shape index (κ1) is 12.6. The van der Waals surface area contributed by atoms with Gasteiger partial charge in [-0.2, -0.15) is 0 Å². The summed E-state index contributed by atoms with van der Waals surface area (Å²) in [6.45, 7) is 0. The second kappa shape index (κ2) is 11.6. The van der Waals surface area contributed by atoms with Crippen molar-refractivity contribution in [1.29, 1.82) is 0 Å². The van der Waals surface area contributed by atoms with Crippen LogP contribution in [0.4, 0.5) is 0 Å². The Morgan fingerprint density at radius 2 is 1.38 bits per heavy atom. The molecule has 0 amide bonds. The van der Waals surface area contributed by atoms with Crippen LogP contribution < -0.4 is 0 Å². The van der Waals surface area contributed by atoms with E-state index in [9.17, 15) is 0 Å². The van der Waals surface area contributed by atoms with Crippen LogP contribution in [0, 0.1) is 0 Å². The van der Waals surface area contributed by atoms with Crippen LogP contribution in [0.3, 0.4) is 0 Å². The fourth-order valence-electron chi connectivity index (χ4n) is 0.581. The van der Waals surface area contributed by atoms with Gasteiger partial charge in [0.15, 0.2) is 0 Å². The Kier molecular flexibility index (Phi) is 11.3. The van der Waals surface area contributed by atoms with Crippen LogP contribution in [-0.2, 0) is 0 Å². The van der Waals surface area contributed by atoms with Gasteiger partial charge in [-0.25, -0.2) is 0 Å². The smallest absolute Gasteiger partial charge is 0.0319 e. The lowest BCUT2D eigenvalue weighted by Gasteiger charge is -1.69. The van der Waals surface area contributed by atoms with Crippen molar-refractivity contribution in [3.05, 3.63) is 47.9 Å². The fraction of sp³-hybridized carbons (Fsp3) is 0.200. The Hall–Kier alpha value is -0.380. The van der Waals surface area contributed by atoms with E-state index in [1.54, 1.807) is 0 Å². The summed E-state index contributed by atoms with van der Waals surface area (Å²) in [5.41, 5.74) is 0. The zero-order chi connectivity index (χ0) is 9.78. The maximum atomic E-state index is 7.00. The average Bonchev–Trinajstić information content (AvgIpc) is 2.82. The van der Waals surface area contributed by atoms with Crippen LogP contribution >= 0.6 is 21.6 Å². The minimum absolute atomic E-state index is 1.00. The van der Waals surface area contributed by atoms with Crippen molar-refractivity contribution in [2.45, 2.75) is 0 Å². The highest BCUT2D eigenvalue weighted by Gasteiger charge is 1.85. The highest BCUT2D eigenvalue weighted by Crippen LogP contribution is 2.27. The van der Waals surface area contributed by atoms with E-state index in [0.29, 0.717) is 0 Å². The molecule has 0 fully saturated rings. The van der Waals surface area contributed by atoms with Crippen LogP contribution in [0.5, 0.6) is 0 Å². The zero-order valence-electron chi connectivity index (χ0n) is 7.59. The van der Waals surface area contributed by atoms with Crippen LogP contribution in [0.2, 0.25) is 0 Å². The van der Waals surface area contributed by atoms with E-state index in [4.69, 9.17) is 5.11 Å². The van der Waals surface area contributed by atoms with E-state index in [0.717, 1.165) is 7.11 Å². The Bertz CT molecular complexity index is 167. The van der Waals surface area contributed by atoms with Crippen molar-refractivity contribution in [1.82, 2.24) is 0 Å². The van der Waals surface area contributed by atoms with Crippen LogP contribution in [0.15, 0.2) is 47.9 Å². The summed E-state index contributed by atoms with van der Waals surface area (Å²) in [6.07, 6.45) is 2.16. The zero-order valence-corrected chi connectivity index (χ0v) is 9.22. The maximum absolute atomic E-state index is 7.00. The van der Waals surface area contributed by atoms with Gasteiger partial charge < -0.3 is 5.11 Å². The molecule has 0 atom stereocenters. The first-order valence-electron chi connectivity index (χ1n) is 3.88. The molecule has 0 saturated heterocycles. The van der Waals surface area contributed by atoms with Crippen molar-refractivity contribution in [3.63, 3.8) is 0 Å². The Morgan fingerprint density at radius 3 is 1.54 bits per heavy atom. The SMILES string of the molecule is C1=CSSC1.CO.c1ccccc1. The third-order valence-electron chi connectivity index (χ3n) is 1.05. The summed E-state index contributed by atoms with van der Waals surface area (Å²) < 4.78 is 0. The standard InChI is InChI=1S/C6H6.C3H4S2.CH4O/c1-2-4-6-5-3-1;1-2-4-5-3-1;1-2/h1-6H;1-2H,3H2;2H,1H3. The highest BCUT2D eigenvalue weighted by molar-refractivity contribution is 8.78. The molecule has 1 aliphatic heterocycles. The van der Waals surface area contributed by atoms with E-state index in [-0.39, 0.29) is 0 Å². The number of hydrogen-bond donors (Lipinski definition) is 1. The molecular formula is C10H14OS2. The first-order chi connectivity index (χ1) is 6.50. The van der Waals surface area contributed by atoms with Crippen LogP contribution in [0.25, 0.3) is 0 Å². The number of aliphatic hydroxyl groups excluding tert-OH is 1. The van der Waals surface area contributed by atoms with Crippen molar-refractivity contribution in [2.75, 3.05) is 12.9 Å². The molecule has 1 aromatic rings. The summed E-state index contributed by atoms with van der Waals surface area (Å²) in [5.74, 6) is 1.20. The minimum Gasteiger partial charge on any atom is -0.400 e. The second-order valence-electron chi connectivity index (χ2n) is 1.91. The molecule has 1 nitrogen and oxygen atoms in total. The number of aliphatic hydroxyl groups is 1. The monoisotopic (exact) mass is 214 g/mol. The molecular weight excluding hydrogens is 200 g/mol. The minimum atomic E-state index is 1.00. The van der Waals surface area contributed by atoms with Crippen molar-refractivity contribution in [3.8, 4) is 0 Å². The van der Waals surface area contributed by atoms with Gasteiger partial charge in [-0.15, -0.1) is 0 Å². The van der Waals surface area contributed by atoms with Gasteiger partial charge in [0.05, 0.1) is 0 Å². The van der Waals surface area contributed by atoms with E-state index < -0.39 is 0 Å². The summed E-state index contributed by atoms with van der Waals surface area (Å²) in [4.78, 5) is 0. The third kappa shape index (κ3) is 9.53. The lowest BCUT2D eigenvalue weighted by molar-refractivity contribution is 0.399. The quantitative estimate of drug-likeness (QED) is 0.670. The average molecular weight is 214 g/mol. The van der Waals surface area contributed by atoms with Gasteiger partial charge in [0, 0.05) is 12.9 Å². The number of benzene rings is 1. The molecule has 3 heteroatoms. The third-order valence-corrected chi connectivity index (χ3v) is 2.97. The molecule has 1 aromatic carbocycles. The fourth-order valence-corrected chi connectivity index (χ4v) is 2.15. The first-order valence-corrected chi connectivity index (χ1v) is 6.26. The van der Waals surface area contributed by atoms with Crippen LogP contribution in [0.1, 0.15) is 0 Å². The predicted molar refractivity (Wildman–Crippen MR) is 63.8 cm³/mol. The van der Waals surface area contributed by atoms with Crippen molar-refractivity contribution < 1.29 is 5.11 Å². The summed E-state index contributed by atoms with van der Waals surface area (Å²) in [5, 5.41) is 9.12. The van der Waals surface area contributed by atoms with Gasteiger partial charge in [0.25, 0.3) is 0 Å². The lowest BCUT2D eigenvalue weighted by Crippen LogP contribution is -1.47. The normalized spacial score (nSPS) is 12.2. The molecule has 0 aliphatic carbocycles. The van der Waals surface area contributed by atoms with E-state index in [1.807, 2.05) is 58.0 Å². The van der Waals surface area contributed by atoms with E-state index in [1.165, 1.54) is 5.75 Å². The molecule has 0 unspecified atom stereocenters. The number of rotatable bonds is 0. The summed E-state index contributed by atoms with van der Waals surface area (Å²) >= 11 is 0. The highest BCUT2D eigenvalue weighted by atomic mass is 33.1. The maximum Gasteiger partial charge on any atom is 0.0319 e. The molecule has 0 bridgehead atoms. The van der Waals surface area contributed by atoms with Crippen molar-refractivity contribution >= 4 is 21.6 Å². The van der Waals surface area contributed by atoms with Gasteiger partial charge in [0.2, 0.25) is 0 Å². The van der Waals surface area contributed by atoms with Gasteiger partial charge in [-0.3, -0.25) is 0 Å². The van der Waals surface area contributed by atoms with Crippen LogP contribution in [-0.4, -0.2) is 18.0 Å². The summed E-state index contributed by atoms with van der Waals surface area (Å²) in [7, 11) is 4.69. The van der Waals surface area contributed by atoms with Gasteiger partial charge in [-0.1, -0.05) is 64.1 Å². The van der Waals surface area contributed by atoms with Gasteiger partial charge in [-0.05, 0) is 5.41 Å². The molecule has 0 aromatic heterocycles. The molecule has 0 radical (unpaired) electrons. The molecule has 1 aliphatic rings. The Morgan fingerprint density at radius 1 is 0.923 bits per heavy atom. The molecule has 72 valence electrons. The van der Waals surface area contributed by atoms with Gasteiger partial charge in [0.1, 0.15) is 0 Å². The molecule has 0 saturated carbocycles. The molecule has 1 N–H and O–H groups in total. The Labute approximate surface area is 87.6 Å². The van der Waals surface area contributed by atoms with E-state index >= 15 is 0 Å². The predicted octanol–water partition coefficient (Wildman–Crippen LogP) is 3.19. The molecule has 0 spiro atoms. The number of hydrogen-bond acceptors (Lipinski definition) is 3. The Balaban J connectivity index is 0.000000189. The largest absolute Gasteiger partial charge is 0.400 e. The molecule has 2 rings (SSSR count). The molecule has 1 heterocycles. The van der Waals surface area contributed by atoms with Gasteiger partial charge >= 0.3 is 0 Å². The van der Waals surface area contributed by atoms with Crippen molar-refractivity contribution in [2.24, 2.45) is 0 Å². The van der Waals surface area contributed by atoms with E-state index in [2.05, 4.69) is 11.5 Å².